The molecule has 13 nitrogen and oxygen atoms in total. The van der Waals surface area contributed by atoms with Crippen LogP contribution >= 0.6 is 0 Å². The standard InChI is InChI=1S/C34H35FN6O7/c1-21(42)37-15-25-16-40(33(44)48-25)24-12-13-29(28(35)14-24)39-17-26-27(18-39)30(26)41(34(45)47-20-23-10-6-3-7-11-23)31(36)38-32(43)46-19-22-8-4-2-5-9-22/h2-14,25-27,30H,15-20H2,1H3,(H,37,42)(H2,36,38,43)/t25-,26?,27?,30?/m0/s1. The van der Waals surface area contributed by atoms with Gasteiger partial charge in [-0.05, 0) is 29.3 Å². The molecule has 1 saturated carbocycles. The van der Waals surface area contributed by atoms with Gasteiger partial charge < -0.3 is 24.4 Å². The normalized spacial score (nSPS) is 20.8. The summed E-state index contributed by atoms with van der Waals surface area (Å²) in [6.45, 7) is 2.45. The first-order valence-corrected chi connectivity index (χ1v) is 15.5. The summed E-state index contributed by atoms with van der Waals surface area (Å²) in [6, 6.07) is 22.2. The average Bonchev–Trinajstić information content (AvgIpc) is 3.36. The second kappa shape index (κ2) is 14.0. The van der Waals surface area contributed by atoms with Gasteiger partial charge in [0.15, 0.2) is 0 Å². The molecule has 2 aliphatic heterocycles. The highest BCUT2D eigenvalue weighted by Crippen LogP contribution is 2.50. The van der Waals surface area contributed by atoms with Crippen molar-refractivity contribution in [3.05, 3.63) is 95.8 Å². The van der Waals surface area contributed by atoms with Crippen molar-refractivity contribution in [1.82, 2.24) is 15.5 Å². The molecule has 2 unspecified atom stereocenters. The van der Waals surface area contributed by atoms with Crippen LogP contribution in [0.3, 0.4) is 0 Å². The lowest BCUT2D eigenvalue weighted by atomic mass is 10.2. The maximum atomic E-state index is 15.4. The quantitative estimate of drug-likeness (QED) is 0.176. The Hall–Kier alpha value is -5.66. The molecule has 3 aromatic carbocycles. The van der Waals surface area contributed by atoms with E-state index in [1.54, 1.807) is 24.3 Å². The van der Waals surface area contributed by atoms with Crippen molar-refractivity contribution in [2.75, 3.05) is 36.0 Å². The third kappa shape index (κ3) is 7.32. The number of ether oxygens (including phenoxy) is 3. The van der Waals surface area contributed by atoms with E-state index in [0.29, 0.717) is 24.5 Å². The van der Waals surface area contributed by atoms with Gasteiger partial charge in [0.2, 0.25) is 11.9 Å². The monoisotopic (exact) mass is 658 g/mol. The predicted octanol–water partition coefficient (Wildman–Crippen LogP) is 4.22. The van der Waals surface area contributed by atoms with Crippen LogP contribution in [0.15, 0.2) is 78.9 Å². The minimum atomic E-state index is -0.886. The van der Waals surface area contributed by atoms with E-state index in [0.717, 1.165) is 16.0 Å². The number of amides is 4. The first-order valence-electron chi connectivity index (χ1n) is 15.5. The molecular weight excluding hydrogens is 623 g/mol. The molecule has 6 rings (SSSR count). The third-order valence-corrected chi connectivity index (χ3v) is 8.56. The maximum absolute atomic E-state index is 15.4. The number of carbonyl (C=O) groups excluding carboxylic acids is 4. The van der Waals surface area contributed by atoms with E-state index in [2.05, 4.69) is 10.6 Å². The lowest BCUT2D eigenvalue weighted by molar-refractivity contribution is -0.119. The molecule has 250 valence electrons. The van der Waals surface area contributed by atoms with E-state index in [4.69, 9.17) is 19.6 Å². The fourth-order valence-electron chi connectivity index (χ4n) is 6.16. The minimum absolute atomic E-state index is 0.0109. The first kappa shape index (κ1) is 32.3. The van der Waals surface area contributed by atoms with Gasteiger partial charge in [-0.1, -0.05) is 60.7 Å². The number of guanidine groups is 1. The number of nitrogens with zero attached hydrogens (tertiary/aromatic N) is 3. The Morgan fingerprint density at radius 1 is 0.938 bits per heavy atom. The summed E-state index contributed by atoms with van der Waals surface area (Å²) in [4.78, 5) is 53.8. The Kier molecular flexibility index (Phi) is 9.41. The number of benzene rings is 3. The molecule has 3 fully saturated rings. The van der Waals surface area contributed by atoms with Crippen LogP contribution in [0.2, 0.25) is 0 Å². The summed E-state index contributed by atoms with van der Waals surface area (Å²) in [6.07, 6.45) is -2.85. The molecule has 3 N–H and O–H groups in total. The molecule has 0 aromatic heterocycles. The molecule has 0 bridgehead atoms. The number of fused-ring (bicyclic) bond motifs is 1. The lowest BCUT2D eigenvalue weighted by Crippen LogP contribution is -2.50. The molecular formula is C34H35FN6O7. The number of piperidine rings is 1. The van der Waals surface area contributed by atoms with Crippen LogP contribution in [0.25, 0.3) is 0 Å². The molecule has 3 aliphatic rings. The Balaban J connectivity index is 1.09. The summed E-state index contributed by atoms with van der Waals surface area (Å²) >= 11 is 0. The Labute approximate surface area is 276 Å². The van der Waals surface area contributed by atoms with E-state index < -0.39 is 42.2 Å². The number of anilines is 2. The van der Waals surface area contributed by atoms with E-state index in [1.165, 1.54) is 17.9 Å². The highest BCUT2D eigenvalue weighted by molar-refractivity contribution is 6.00. The van der Waals surface area contributed by atoms with E-state index in [-0.39, 0.29) is 44.0 Å². The van der Waals surface area contributed by atoms with Gasteiger partial charge in [0, 0.05) is 31.8 Å². The van der Waals surface area contributed by atoms with Gasteiger partial charge >= 0.3 is 18.3 Å². The molecule has 0 spiro atoms. The number of hydrogen-bond donors (Lipinski definition) is 3. The van der Waals surface area contributed by atoms with Crippen LogP contribution in [-0.4, -0.2) is 73.4 Å². The van der Waals surface area contributed by atoms with Crippen LogP contribution in [0, 0.1) is 23.1 Å². The molecule has 48 heavy (non-hydrogen) atoms. The van der Waals surface area contributed by atoms with Crippen molar-refractivity contribution in [3.8, 4) is 0 Å². The maximum Gasteiger partial charge on any atom is 0.417 e. The first-order chi connectivity index (χ1) is 23.2. The van der Waals surface area contributed by atoms with E-state index in [1.807, 2.05) is 53.4 Å². The number of hydrogen-bond acceptors (Lipinski definition) is 9. The van der Waals surface area contributed by atoms with Gasteiger partial charge in [-0.15, -0.1) is 0 Å². The predicted molar refractivity (Wildman–Crippen MR) is 172 cm³/mol. The number of alkyl carbamates (subject to hydrolysis) is 1. The van der Waals surface area contributed by atoms with Gasteiger partial charge in [0.1, 0.15) is 25.1 Å². The van der Waals surface area contributed by atoms with Gasteiger partial charge in [0.25, 0.3) is 0 Å². The molecule has 14 heteroatoms. The topological polar surface area (TPSA) is 154 Å². The molecule has 2 heterocycles. The van der Waals surface area contributed by atoms with Crippen LogP contribution in [0.4, 0.5) is 30.1 Å². The van der Waals surface area contributed by atoms with Crippen LogP contribution in [-0.2, 0) is 32.2 Å². The Morgan fingerprint density at radius 3 is 2.17 bits per heavy atom. The zero-order valence-electron chi connectivity index (χ0n) is 26.1. The minimum Gasteiger partial charge on any atom is -0.444 e. The SMILES string of the molecule is CC(=O)NC[C@H]1CN(c2ccc(N3CC4C(C3)C4N(C(=N)NC(=O)OCc3ccccc3)C(=O)OCc3ccccc3)c(F)c2)C(=O)O1. The van der Waals surface area contributed by atoms with Crippen LogP contribution < -0.4 is 20.4 Å². The van der Waals surface area contributed by atoms with Gasteiger partial charge in [0.05, 0.1) is 30.5 Å². The van der Waals surface area contributed by atoms with E-state index in [9.17, 15) is 19.2 Å². The van der Waals surface area contributed by atoms with Crippen molar-refractivity contribution >= 4 is 41.5 Å². The number of rotatable bonds is 9. The molecule has 4 amide bonds. The van der Waals surface area contributed by atoms with Gasteiger partial charge in [-0.25, -0.2) is 23.7 Å². The smallest absolute Gasteiger partial charge is 0.417 e. The Morgan fingerprint density at radius 2 is 1.56 bits per heavy atom. The molecule has 3 aromatic rings. The molecule has 0 radical (unpaired) electrons. The summed E-state index contributed by atoms with van der Waals surface area (Å²) in [5.41, 5.74) is 2.20. The van der Waals surface area contributed by atoms with Crippen molar-refractivity contribution in [2.45, 2.75) is 32.3 Å². The number of carbonyl (C=O) groups is 4. The highest BCUT2D eigenvalue weighted by atomic mass is 19.1. The molecule has 1 aliphatic carbocycles. The fourth-order valence-corrected chi connectivity index (χ4v) is 6.16. The van der Waals surface area contributed by atoms with E-state index >= 15 is 4.39 Å². The molecule has 2 saturated heterocycles. The van der Waals surface area contributed by atoms with Crippen LogP contribution in [0.5, 0.6) is 0 Å². The fraction of sp³-hybridized carbons (Fsp3) is 0.324. The largest absolute Gasteiger partial charge is 0.444 e. The Bertz CT molecular complexity index is 1680. The third-order valence-electron chi connectivity index (χ3n) is 8.56. The van der Waals surface area contributed by atoms with Crippen molar-refractivity contribution in [3.63, 3.8) is 0 Å². The second-order valence-corrected chi connectivity index (χ2v) is 11.9. The van der Waals surface area contributed by atoms with Crippen molar-refractivity contribution < 1.29 is 37.8 Å². The van der Waals surface area contributed by atoms with Crippen molar-refractivity contribution in [2.24, 2.45) is 11.8 Å². The summed E-state index contributed by atoms with van der Waals surface area (Å²) in [5, 5.41) is 13.6. The summed E-state index contributed by atoms with van der Waals surface area (Å²) < 4.78 is 31.5. The number of nitrogens with one attached hydrogen (secondary N) is 3. The summed E-state index contributed by atoms with van der Waals surface area (Å²) in [7, 11) is 0. The van der Waals surface area contributed by atoms with Crippen molar-refractivity contribution in [1.29, 1.82) is 5.41 Å². The van der Waals surface area contributed by atoms with Gasteiger partial charge in [-0.2, -0.15) is 0 Å². The lowest BCUT2D eigenvalue weighted by Gasteiger charge is -2.28. The van der Waals surface area contributed by atoms with Gasteiger partial charge in [-0.3, -0.25) is 20.4 Å². The number of halogens is 1. The van der Waals surface area contributed by atoms with Crippen LogP contribution in [0.1, 0.15) is 18.1 Å². The number of cyclic esters (lactones) is 1. The second-order valence-electron chi connectivity index (χ2n) is 11.9. The highest BCUT2D eigenvalue weighted by Gasteiger charge is 2.61. The zero-order valence-corrected chi connectivity index (χ0v) is 26.1. The summed E-state index contributed by atoms with van der Waals surface area (Å²) in [5.74, 6) is -1.47. The average molecular weight is 659 g/mol. The molecule has 3 atom stereocenters. The zero-order chi connectivity index (χ0) is 33.8.